The van der Waals surface area contributed by atoms with Crippen molar-refractivity contribution in [3.05, 3.63) is 64.9 Å². The van der Waals surface area contributed by atoms with Crippen LogP contribution in [0.2, 0.25) is 0 Å². The lowest BCUT2D eigenvalue weighted by atomic mass is 9.90. The minimum absolute atomic E-state index is 0.0625. The first kappa shape index (κ1) is 20.2. The Hall–Kier alpha value is -2.51. The summed E-state index contributed by atoms with van der Waals surface area (Å²) in [6.45, 7) is 3.48. The van der Waals surface area contributed by atoms with Gasteiger partial charge in [0.05, 0.1) is 12.2 Å². The summed E-state index contributed by atoms with van der Waals surface area (Å²) in [5, 5.41) is 0. The smallest absolute Gasteiger partial charge is 0.442 e. The summed E-state index contributed by atoms with van der Waals surface area (Å²) in [6.07, 6.45) is 3.64. The third kappa shape index (κ3) is 4.85. The normalized spacial score (nSPS) is 19.6. The van der Waals surface area contributed by atoms with Gasteiger partial charge in [-0.1, -0.05) is 48.6 Å². The van der Waals surface area contributed by atoms with Crippen molar-refractivity contribution in [2.75, 3.05) is 0 Å². The Kier molecular flexibility index (Phi) is 6.26. The third-order valence-electron chi connectivity index (χ3n) is 4.70. The number of pyridine rings is 1. The van der Waals surface area contributed by atoms with E-state index in [0.717, 1.165) is 29.6 Å². The Morgan fingerprint density at radius 2 is 1.79 bits per heavy atom. The summed E-state index contributed by atoms with van der Waals surface area (Å²) in [5.74, 6) is -2.22. The molecule has 7 heteroatoms. The van der Waals surface area contributed by atoms with Gasteiger partial charge in [-0.25, -0.2) is 9.59 Å². The largest absolute Gasteiger partial charge is 0.448 e. The van der Waals surface area contributed by atoms with Crippen LogP contribution in [0.3, 0.4) is 0 Å². The van der Waals surface area contributed by atoms with E-state index in [-0.39, 0.29) is 16.8 Å². The van der Waals surface area contributed by atoms with Crippen molar-refractivity contribution in [1.82, 2.24) is 4.73 Å². The second-order valence-corrected chi connectivity index (χ2v) is 7.61. The summed E-state index contributed by atoms with van der Waals surface area (Å²) in [4.78, 5) is 29.4. The Balaban J connectivity index is 1.63. The molecule has 1 aliphatic rings. The van der Waals surface area contributed by atoms with Gasteiger partial charge in [0.25, 0.3) is 0 Å². The van der Waals surface area contributed by atoms with Crippen LogP contribution in [0.1, 0.15) is 44.8 Å². The van der Waals surface area contributed by atoms with Crippen LogP contribution in [0, 0.1) is 4.64 Å². The molecule has 0 spiro atoms. The number of ether oxygens (including phenoxy) is 2. The topological polar surface area (TPSA) is 66.8 Å². The number of carbonyl (C=O) groups excluding carboxylic acids is 2. The van der Waals surface area contributed by atoms with Gasteiger partial charge in [-0.3, -0.25) is 0 Å². The highest BCUT2D eigenvalue weighted by Crippen LogP contribution is 2.36. The molecule has 1 unspecified atom stereocenters. The second kappa shape index (κ2) is 8.67. The molecule has 28 heavy (non-hydrogen) atoms. The molecule has 2 aromatic rings. The first-order valence-corrected chi connectivity index (χ1v) is 9.61. The zero-order chi connectivity index (χ0) is 20.1. The fraction of sp³-hybridized carbons (Fsp3) is 0.381. The molecule has 3 rings (SSSR count). The first-order chi connectivity index (χ1) is 13.4. The van der Waals surface area contributed by atoms with Gasteiger partial charge in [-0.05, 0) is 50.8 Å². The van der Waals surface area contributed by atoms with E-state index in [1.807, 2.05) is 30.3 Å². The van der Waals surface area contributed by atoms with E-state index in [1.165, 1.54) is 6.20 Å². The van der Waals surface area contributed by atoms with Gasteiger partial charge < -0.3 is 14.3 Å². The third-order valence-corrected chi connectivity index (χ3v) is 5.02. The van der Waals surface area contributed by atoms with Crippen LogP contribution < -0.4 is 4.84 Å². The maximum atomic E-state index is 12.3. The van der Waals surface area contributed by atoms with E-state index in [0.29, 0.717) is 0 Å². The number of hydrogen-bond donors (Lipinski definition) is 0. The van der Waals surface area contributed by atoms with Crippen LogP contribution in [-0.4, -0.2) is 28.4 Å². The Morgan fingerprint density at radius 3 is 2.50 bits per heavy atom. The minimum atomic E-state index is -1.13. The van der Waals surface area contributed by atoms with Crippen molar-refractivity contribution in [1.29, 1.82) is 0 Å². The molecule has 0 N–H and O–H groups in total. The molecule has 0 saturated carbocycles. The van der Waals surface area contributed by atoms with Crippen molar-refractivity contribution < 1.29 is 23.9 Å². The predicted octanol–water partition coefficient (Wildman–Crippen LogP) is 3.80. The Bertz CT molecular complexity index is 893. The number of aromatic nitrogens is 1. The van der Waals surface area contributed by atoms with Gasteiger partial charge in [-0.2, -0.15) is 4.73 Å². The molecule has 1 aromatic heterocycles. The molecule has 148 valence electrons. The van der Waals surface area contributed by atoms with Gasteiger partial charge >= 0.3 is 11.9 Å². The number of nitrogens with zero attached hydrogens (tertiary/aromatic N) is 1. The summed E-state index contributed by atoms with van der Waals surface area (Å²) in [6, 6.07) is 14.9. The van der Waals surface area contributed by atoms with Crippen LogP contribution in [0.4, 0.5) is 0 Å². The zero-order valence-electron chi connectivity index (χ0n) is 15.9. The lowest BCUT2D eigenvalue weighted by Gasteiger charge is -2.39. The average molecular weight is 401 g/mol. The van der Waals surface area contributed by atoms with Gasteiger partial charge in [0, 0.05) is 6.20 Å². The van der Waals surface area contributed by atoms with Crippen LogP contribution in [-0.2, 0) is 19.1 Å². The molecule has 2 heterocycles. The highest BCUT2D eigenvalue weighted by molar-refractivity contribution is 7.71. The average Bonchev–Trinajstić information content (AvgIpc) is 2.70. The summed E-state index contributed by atoms with van der Waals surface area (Å²) in [7, 11) is 0. The Morgan fingerprint density at radius 1 is 1.07 bits per heavy atom. The van der Waals surface area contributed by atoms with Crippen molar-refractivity contribution in [3.63, 3.8) is 0 Å². The molecule has 2 atom stereocenters. The fourth-order valence-corrected chi connectivity index (χ4v) is 3.39. The first-order valence-electron chi connectivity index (χ1n) is 9.20. The van der Waals surface area contributed by atoms with Crippen molar-refractivity contribution in [2.45, 2.75) is 50.9 Å². The fourth-order valence-electron chi connectivity index (χ4n) is 3.21. The molecule has 1 aliphatic heterocycles. The maximum Gasteiger partial charge on any atom is 0.442 e. The molecule has 6 nitrogen and oxygen atoms in total. The number of carbonyl (C=O) groups is 2. The summed E-state index contributed by atoms with van der Waals surface area (Å²) in [5.41, 5.74) is 0.106. The monoisotopic (exact) mass is 401 g/mol. The number of hydrogen-bond acceptors (Lipinski definition) is 6. The number of rotatable bonds is 4. The van der Waals surface area contributed by atoms with Gasteiger partial charge in [0.2, 0.25) is 0 Å². The van der Waals surface area contributed by atoms with E-state index in [9.17, 15) is 9.59 Å². The molecular formula is C21H23NO5S. The summed E-state index contributed by atoms with van der Waals surface area (Å²) < 4.78 is 13.0. The van der Waals surface area contributed by atoms with E-state index in [2.05, 4.69) is 0 Å². The highest BCUT2D eigenvalue weighted by atomic mass is 32.1. The van der Waals surface area contributed by atoms with Gasteiger partial charge in [0.15, 0.2) is 0 Å². The van der Waals surface area contributed by atoms with Crippen molar-refractivity contribution in [3.8, 4) is 0 Å². The lowest BCUT2D eigenvalue weighted by Crippen LogP contribution is -2.46. The van der Waals surface area contributed by atoms with Crippen molar-refractivity contribution in [2.24, 2.45) is 0 Å². The SMILES string of the molecule is CC(C)(OC(=O)C(=O)On1ccccc1=S)C1CCC[C@H](c2ccccc2)O1. The zero-order valence-corrected chi connectivity index (χ0v) is 16.7. The minimum Gasteiger partial charge on any atom is -0.448 e. The molecule has 0 aliphatic carbocycles. The van der Waals surface area contributed by atoms with Gasteiger partial charge in [0.1, 0.15) is 10.2 Å². The molecular weight excluding hydrogens is 378 g/mol. The molecule has 0 bridgehead atoms. The highest BCUT2D eigenvalue weighted by Gasteiger charge is 2.40. The summed E-state index contributed by atoms with van der Waals surface area (Å²) >= 11 is 5.04. The van der Waals surface area contributed by atoms with Crippen LogP contribution in [0.5, 0.6) is 0 Å². The van der Waals surface area contributed by atoms with Gasteiger partial charge in [-0.15, -0.1) is 0 Å². The quantitative estimate of drug-likeness (QED) is 0.441. The van der Waals surface area contributed by atoms with E-state index in [4.69, 9.17) is 26.5 Å². The van der Waals surface area contributed by atoms with E-state index >= 15 is 0 Å². The second-order valence-electron chi connectivity index (χ2n) is 7.19. The van der Waals surface area contributed by atoms with E-state index in [1.54, 1.807) is 32.0 Å². The van der Waals surface area contributed by atoms with E-state index < -0.39 is 17.5 Å². The van der Waals surface area contributed by atoms with Crippen LogP contribution in [0.25, 0.3) is 0 Å². The lowest BCUT2D eigenvalue weighted by molar-refractivity contribution is -0.195. The standard InChI is InChI=1S/C21H23NO5S/c1-21(2,17-12-8-11-16(25-17)15-9-4-3-5-10-15)26-19(23)20(24)27-22-14-7-6-13-18(22)28/h3-7,9-10,13-14,16-17H,8,11-12H2,1-2H3/t16-,17?/m1/s1. The van der Waals surface area contributed by atoms with Crippen molar-refractivity contribution >= 4 is 24.2 Å². The van der Waals surface area contributed by atoms with Crippen LogP contribution >= 0.6 is 12.2 Å². The maximum absolute atomic E-state index is 12.3. The molecule has 1 fully saturated rings. The molecule has 1 aromatic carbocycles. The number of esters is 1. The molecule has 1 saturated heterocycles. The number of benzene rings is 1. The molecule has 0 radical (unpaired) electrons. The van der Waals surface area contributed by atoms with Crippen LogP contribution in [0.15, 0.2) is 54.7 Å². The predicted molar refractivity (Wildman–Crippen MR) is 105 cm³/mol. The molecule has 0 amide bonds. The Labute approximate surface area is 169 Å².